The van der Waals surface area contributed by atoms with Gasteiger partial charge < -0.3 is 4.74 Å². The smallest absolute Gasteiger partial charge is 0.323 e. The number of nitrogens with zero attached hydrogens (tertiary/aromatic N) is 6. The van der Waals surface area contributed by atoms with Crippen LogP contribution in [-0.2, 0) is 4.74 Å². The number of aromatic nitrogens is 6. The predicted octanol–water partition coefficient (Wildman–Crippen LogP) is 3.91. The molecule has 12 heteroatoms. The molecule has 27 heavy (non-hydrogen) atoms. The lowest BCUT2D eigenvalue weighted by Crippen LogP contribution is -2.16. The molecule has 0 spiro atoms. The van der Waals surface area contributed by atoms with E-state index in [-0.39, 0.29) is 18.9 Å². The van der Waals surface area contributed by atoms with Gasteiger partial charge in [-0.3, -0.25) is 9.67 Å². The zero-order valence-electron chi connectivity index (χ0n) is 13.6. The van der Waals surface area contributed by atoms with Gasteiger partial charge in [0.05, 0.1) is 30.1 Å². The first kappa shape index (κ1) is 19.4. The van der Waals surface area contributed by atoms with Crippen molar-refractivity contribution in [2.45, 2.75) is 25.6 Å². The predicted molar refractivity (Wildman–Crippen MR) is 89.1 cm³/mol. The van der Waals surface area contributed by atoms with Crippen LogP contribution >= 0.6 is 15.9 Å². The number of rotatable bonds is 8. The van der Waals surface area contributed by atoms with Crippen LogP contribution in [0.5, 0.6) is 0 Å². The van der Waals surface area contributed by atoms with E-state index in [2.05, 4.69) is 40.8 Å². The highest BCUT2D eigenvalue weighted by Gasteiger charge is 2.21. The van der Waals surface area contributed by atoms with Crippen molar-refractivity contribution in [1.82, 2.24) is 29.5 Å². The summed E-state index contributed by atoms with van der Waals surface area (Å²) in [5.41, 5.74) is 0.866. The maximum absolute atomic E-state index is 13.0. The Bertz CT molecular complexity index is 869. The quantitative estimate of drug-likeness (QED) is 0.488. The first-order chi connectivity index (χ1) is 13.0. The average molecular weight is 449 g/mol. The highest BCUT2D eigenvalue weighted by molar-refractivity contribution is 9.10. The summed E-state index contributed by atoms with van der Waals surface area (Å²) in [6.45, 7) is -5.97. The lowest BCUT2D eigenvalue weighted by molar-refractivity contribution is -0.130. The molecule has 0 saturated heterocycles. The highest BCUT2D eigenvalue weighted by atomic mass is 79.9. The first-order valence-corrected chi connectivity index (χ1v) is 8.48. The second-order valence-corrected chi connectivity index (χ2v) is 6.27. The Morgan fingerprint density at radius 1 is 1.07 bits per heavy atom. The van der Waals surface area contributed by atoms with E-state index in [0.717, 1.165) is 10.8 Å². The van der Waals surface area contributed by atoms with Gasteiger partial charge in [0.25, 0.3) is 0 Å². The van der Waals surface area contributed by atoms with Gasteiger partial charge in [-0.2, -0.15) is 32.4 Å². The van der Waals surface area contributed by atoms with Gasteiger partial charge in [-0.05, 0) is 34.5 Å². The largest absolute Gasteiger partial charge is 0.345 e. The summed E-state index contributed by atoms with van der Waals surface area (Å²) in [4.78, 5) is 8.09. The molecule has 3 aromatic heterocycles. The molecule has 0 radical (unpaired) electrons. The number of hydrogen-bond acceptors (Lipinski definition) is 5. The van der Waals surface area contributed by atoms with Gasteiger partial charge >= 0.3 is 13.2 Å². The molecule has 144 valence electrons. The lowest BCUT2D eigenvalue weighted by Gasteiger charge is -2.17. The minimum Gasteiger partial charge on any atom is -0.323 e. The fourth-order valence-corrected chi connectivity index (χ4v) is 2.73. The number of halogens is 5. The van der Waals surface area contributed by atoms with Gasteiger partial charge in [0.2, 0.25) is 0 Å². The van der Waals surface area contributed by atoms with Crippen LogP contribution in [0.3, 0.4) is 0 Å². The van der Waals surface area contributed by atoms with Crippen molar-refractivity contribution >= 4 is 15.9 Å². The van der Waals surface area contributed by atoms with Crippen molar-refractivity contribution in [3.05, 3.63) is 47.2 Å². The molecule has 0 aromatic carbocycles. The van der Waals surface area contributed by atoms with E-state index in [1.807, 2.05) is 0 Å². The molecule has 0 bridgehead atoms. The second kappa shape index (κ2) is 8.57. The molecule has 0 amide bonds. The van der Waals surface area contributed by atoms with E-state index in [0.29, 0.717) is 15.9 Å². The minimum absolute atomic E-state index is 0.0532. The minimum atomic E-state index is -2.89. The van der Waals surface area contributed by atoms with Crippen LogP contribution in [0.2, 0.25) is 0 Å². The van der Waals surface area contributed by atoms with E-state index in [1.54, 1.807) is 18.3 Å². The molecule has 0 aliphatic rings. The fraction of sp³-hybridized carbons (Fsp3) is 0.333. The molecular weight excluding hydrogens is 436 g/mol. The Hall–Kier alpha value is -2.34. The normalized spacial score (nSPS) is 12.9. The van der Waals surface area contributed by atoms with Crippen LogP contribution in [0.15, 0.2) is 41.5 Å². The molecule has 7 nitrogen and oxygen atoms in total. The third-order valence-corrected chi connectivity index (χ3v) is 4.13. The van der Waals surface area contributed by atoms with Crippen LogP contribution in [0, 0.1) is 0 Å². The Kier molecular flexibility index (Phi) is 6.16. The van der Waals surface area contributed by atoms with Gasteiger partial charge in [0, 0.05) is 16.9 Å². The van der Waals surface area contributed by atoms with Crippen LogP contribution in [0.1, 0.15) is 24.7 Å². The molecule has 0 N–H and O–H groups in total. The standard InChI is InChI=1S/C15H13BrF4N6O/c16-10-1-2-11(21-6-10)12(3-4-27-15(19)20)25-7-9(5-23-25)13-22-8-24-26(13)14(17)18/h1-2,5-8,12,14-15H,3-4H2. The Morgan fingerprint density at radius 2 is 1.89 bits per heavy atom. The molecule has 0 fully saturated rings. The molecule has 0 saturated carbocycles. The molecule has 1 unspecified atom stereocenters. The zero-order valence-corrected chi connectivity index (χ0v) is 15.2. The summed E-state index contributed by atoms with van der Waals surface area (Å²) in [5, 5.41) is 7.65. The SMILES string of the molecule is FC(F)OCCC(c1ccc(Br)cn1)n1cc(-c2ncnn2C(F)F)cn1. The van der Waals surface area contributed by atoms with Crippen LogP contribution in [-0.4, -0.2) is 42.7 Å². The summed E-state index contributed by atoms with van der Waals surface area (Å²) >= 11 is 3.28. The molecule has 0 aliphatic carbocycles. The van der Waals surface area contributed by atoms with Crippen molar-refractivity contribution in [3.8, 4) is 11.4 Å². The second-order valence-electron chi connectivity index (χ2n) is 5.35. The summed E-state index contributed by atoms with van der Waals surface area (Å²) in [5.74, 6) is -0.0532. The first-order valence-electron chi connectivity index (χ1n) is 7.69. The molecule has 3 heterocycles. The summed E-state index contributed by atoms with van der Waals surface area (Å²) in [6.07, 6.45) is 5.57. The number of alkyl halides is 4. The maximum atomic E-state index is 13.0. The summed E-state index contributed by atoms with van der Waals surface area (Å²) < 4.78 is 57.6. The monoisotopic (exact) mass is 448 g/mol. The Labute approximate surface area is 159 Å². The average Bonchev–Trinajstić information content (AvgIpc) is 3.28. The van der Waals surface area contributed by atoms with E-state index in [4.69, 9.17) is 0 Å². The summed E-state index contributed by atoms with van der Waals surface area (Å²) in [6, 6.07) is 2.93. The van der Waals surface area contributed by atoms with E-state index in [9.17, 15) is 17.6 Å². The Morgan fingerprint density at radius 3 is 2.56 bits per heavy atom. The fourth-order valence-electron chi connectivity index (χ4n) is 2.49. The van der Waals surface area contributed by atoms with Crippen LogP contribution in [0.25, 0.3) is 11.4 Å². The van der Waals surface area contributed by atoms with Gasteiger partial charge in [0.1, 0.15) is 6.33 Å². The van der Waals surface area contributed by atoms with Crippen molar-refractivity contribution in [2.24, 2.45) is 0 Å². The van der Waals surface area contributed by atoms with Crippen molar-refractivity contribution in [1.29, 1.82) is 0 Å². The van der Waals surface area contributed by atoms with Crippen LogP contribution in [0.4, 0.5) is 17.6 Å². The number of ether oxygens (including phenoxy) is 1. The zero-order chi connectivity index (χ0) is 19.4. The highest BCUT2D eigenvalue weighted by Crippen LogP contribution is 2.26. The van der Waals surface area contributed by atoms with E-state index < -0.39 is 19.2 Å². The van der Waals surface area contributed by atoms with Crippen molar-refractivity contribution in [3.63, 3.8) is 0 Å². The van der Waals surface area contributed by atoms with Crippen LogP contribution < -0.4 is 0 Å². The lowest BCUT2D eigenvalue weighted by atomic mass is 10.1. The summed E-state index contributed by atoms with van der Waals surface area (Å²) in [7, 11) is 0. The topological polar surface area (TPSA) is 70.7 Å². The Balaban J connectivity index is 1.89. The van der Waals surface area contributed by atoms with Crippen molar-refractivity contribution in [2.75, 3.05) is 6.61 Å². The van der Waals surface area contributed by atoms with Gasteiger partial charge in [-0.25, -0.2) is 4.98 Å². The molecule has 1 atom stereocenters. The number of hydrogen-bond donors (Lipinski definition) is 0. The molecular formula is C15H13BrF4N6O. The molecule has 3 aromatic rings. The van der Waals surface area contributed by atoms with Gasteiger partial charge in [-0.15, -0.1) is 0 Å². The molecule has 0 aliphatic heterocycles. The van der Waals surface area contributed by atoms with E-state index >= 15 is 0 Å². The van der Waals surface area contributed by atoms with Crippen molar-refractivity contribution < 1.29 is 22.3 Å². The number of pyridine rings is 1. The van der Waals surface area contributed by atoms with Gasteiger partial charge in [-0.1, -0.05) is 0 Å². The third kappa shape index (κ3) is 4.69. The molecule has 3 rings (SSSR count). The van der Waals surface area contributed by atoms with E-state index in [1.165, 1.54) is 17.1 Å². The third-order valence-electron chi connectivity index (χ3n) is 3.66. The van der Waals surface area contributed by atoms with Gasteiger partial charge in [0.15, 0.2) is 5.82 Å². The maximum Gasteiger partial charge on any atom is 0.345 e.